The number of aliphatic imine (C=N–C) groups is 1. The number of thioether (sulfide) groups is 1. The molecule has 5 nitrogen and oxygen atoms in total. The van der Waals surface area contributed by atoms with Crippen molar-refractivity contribution in [1.29, 1.82) is 0 Å². The van der Waals surface area contributed by atoms with Crippen LogP contribution in [0.5, 0.6) is 5.75 Å². The van der Waals surface area contributed by atoms with Crippen LogP contribution in [0.2, 0.25) is 0 Å². The van der Waals surface area contributed by atoms with Gasteiger partial charge in [0.1, 0.15) is 5.75 Å². The van der Waals surface area contributed by atoms with Crippen molar-refractivity contribution in [2.45, 2.75) is 37.9 Å². The van der Waals surface area contributed by atoms with E-state index in [1.807, 2.05) is 12.1 Å². The third kappa shape index (κ3) is 6.34. The van der Waals surface area contributed by atoms with Crippen molar-refractivity contribution in [1.82, 2.24) is 10.6 Å². The van der Waals surface area contributed by atoms with Crippen LogP contribution in [0.3, 0.4) is 0 Å². The molecule has 0 saturated carbocycles. The lowest BCUT2D eigenvalue weighted by Gasteiger charge is -2.22. The van der Waals surface area contributed by atoms with Crippen molar-refractivity contribution in [3.8, 4) is 5.75 Å². The molecule has 2 fully saturated rings. The van der Waals surface area contributed by atoms with Crippen molar-refractivity contribution in [3.63, 3.8) is 0 Å². The van der Waals surface area contributed by atoms with E-state index in [0.29, 0.717) is 10.7 Å². The highest BCUT2D eigenvalue weighted by Gasteiger charge is 2.29. The molecule has 0 radical (unpaired) electrons. The number of rotatable bonds is 7. The van der Waals surface area contributed by atoms with E-state index < -0.39 is 0 Å². The van der Waals surface area contributed by atoms with E-state index in [0.717, 1.165) is 44.4 Å². The smallest absolute Gasteiger partial charge is 0.191 e. The molecule has 0 bridgehead atoms. The van der Waals surface area contributed by atoms with E-state index >= 15 is 0 Å². The molecule has 2 saturated heterocycles. The summed E-state index contributed by atoms with van der Waals surface area (Å²) < 4.78 is 5.84. The molecule has 2 N–H and O–H groups in total. The Bertz CT molecular complexity index is 637. The number of nitrogens with one attached hydrogen (secondary N) is 2. The Labute approximate surface area is 191 Å². The zero-order valence-corrected chi connectivity index (χ0v) is 20.5. The lowest BCUT2D eigenvalue weighted by Crippen LogP contribution is -2.41. The van der Waals surface area contributed by atoms with Crippen LogP contribution in [0.15, 0.2) is 29.3 Å². The Morgan fingerprint density at radius 3 is 2.89 bits per heavy atom. The molecular formula is C21H35IN4OS. The maximum atomic E-state index is 5.52. The van der Waals surface area contributed by atoms with Crippen LogP contribution in [0, 0.1) is 5.92 Å². The molecule has 2 heterocycles. The normalized spacial score (nSPS) is 24.8. The molecule has 0 amide bonds. The Hall–Kier alpha value is -0.830. The van der Waals surface area contributed by atoms with Gasteiger partial charge in [0.05, 0.1) is 19.3 Å². The summed E-state index contributed by atoms with van der Waals surface area (Å²) in [6.07, 6.45) is 3.79. The largest absolute Gasteiger partial charge is 0.495 e. The molecule has 158 valence electrons. The molecule has 0 aromatic heterocycles. The maximum absolute atomic E-state index is 5.52. The highest BCUT2D eigenvalue weighted by Crippen LogP contribution is 2.37. The third-order valence-corrected chi connectivity index (χ3v) is 7.01. The highest BCUT2D eigenvalue weighted by molar-refractivity contribution is 14.0. The van der Waals surface area contributed by atoms with Gasteiger partial charge >= 0.3 is 0 Å². The molecule has 2 aliphatic rings. The number of hydrogen-bond acceptors (Lipinski definition) is 4. The zero-order chi connectivity index (χ0) is 19.1. The fourth-order valence-electron chi connectivity index (χ4n) is 3.90. The Balaban J connectivity index is 0.00000280. The van der Waals surface area contributed by atoms with Gasteiger partial charge in [0.2, 0.25) is 0 Å². The average molecular weight is 519 g/mol. The predicted molar refractivity (Wildman–Crippen MR) is 133 cm³/mol. The van der Waals surface area contributed by atoms with E-state index in [4.69, 9.17) is 9.73 Å². The summed E-state index contributed by atoms with van der Waals surface area (Å²) in [6.45, 7) is 9.36. The number of ether oxygens (including phenoxy) is 1. The molecule has 2 unspecified atom stereocenters. The second kappa shape index (κ2) is 11.4. The minimum atomic E-state index is 0. The first-order valence-corrected chi connectivity index (χ1v) is 11.2. The van der Waals surface area contributed by atoms with Gasteiger partial charge in [-0.15, -0.1) is 24.0 Å². The molecule has 28 heavy (non-hydrogen) atoms. The third-order valence-electron chi connectivity index (χ3n) is 5.49. The molecule has 2 aliphatic heterocycles. The molecule has 0 aliphatic carbocycles. The van der Waals surface area contributed by atoms with Gasteiger partial charge in [-0.05, 0) is 56.9 Å². The summed E-state index contributed by atoms with van der Waals surface area (Å²) in [5.41, 5.74) is 1.20. The first kappa shape index (κ1) is 23.4. The van der Waals surface area contributed by atoms with Crippen LogP contribution in [0.1, 0.15) is 33.1 Å². The Morgan fingerprint density at radius 2 is 2.18 bits per heavy atom. The van der Waals surface area contributed by atoms with E-state index in [1.165, 1.54) is 30.7 Å². The first-order chi connectivity index (χ1) is 13.1. The number of nitrogens with zero attached hydrogens (tertiary/aromatic N) is 2. The van der Waals surface area contributed by atoms with Crippen molar-refractivity contribution in [3.05, 3.63) is 24.3 Å². The van der Waals surface area contributed by atoms with E-state index in [1.54, 1.807) is 7.11 Å². The number of hydrogen-bond donors (Lipinski definition) is 2. The van der Waals surface area contributed by atoms with Crippen LogP contribution in [-0.4, -0.2) is 56.3 Å². The minimum absolute atomic E-state index is 0. The number of methoxy groups -OCH3 is 1. The summed E-state index contributed by atoms with van der Waals surface area (Å²) in [5, 5.41) is 6.98. The van der Waals surface area contributed by atoms with Crippen LogP contribution < -0.4 is 20.3 Å². The number of benzene rings is 1. The van der Waals surface area contributed by atoms with Crippen molar-refractivity contribution >= 4 is 47.4 Å². The monoisotopic (exact) mass is 518 g/mol. The number of anilines is 1. The van der Waals surface area contributed by atoms with Crippen molar-refractivity contribution < 1.29 is 4.74 Å². The van der Waals surface area contributed by atoms with E-state index in [2.05, 4.69) is 53.3 Å². The van der Waals surface area contributed by atoms with E-state index in [9.17, 15) is 0 Å². The fraction of sp³-hybridized carbons (Fsp3) is 0.667. The number of guanidine groups is 1. The standard InChI is InChI=1S/C21H34N4OS.HI/c1-4-22-20(24-16-21(2)11-7-13-27-21)23-14-17-10-12-25(15-17)18-8-5-6-9-19(18)26-3;/h5-6,8-9,17H,4,7,10-16H2,1-3H3,(H2,22,23,24);1H. The van der Waals surface area contributed by atoms with Crippen molar-refractivity contribution in [2.24, 2.45) is 10.9 Å². The average Bonchev–Trinajstić information content (AvgIpc) is 3.33. The molecule has 2 atom stereocenters. The second-order valence-electron chi connectivity index (χ2n) is 7.75. The summed E-state index contributed by atoms with van der Waals surface area (Å²) in [7, 11) is 1.75. The zero-order valence-electron chi connectivity index (χ0n) is 17.4. The number of para-hydroxylation sites is 2. The van der Waals surface area contributed by atoms with Crippen LogP contribution in [0.4, 0.5) is 5.69 Å². The molecule has 1 aromatic rings. The Morgan fingerprint density at radius 1 is 1.36 bits per heavy atom. The molecule has 3 rings (SSSR count). The van der Waals surface area contributed by atoms with Gasteiger partial charge in [0, 0.05) is 30.9 Å². The lowest BCUT2D eigenvalue weighted by atomic mass is 10.1. The van der Waals surface area contributed by atoms with Gasteiger partial charge in [-0.3, -0.25) is 4.99 Å². The van der Waals surface area contributed by atoms with E-state index in [-0.39, 0.29) is 24.0 Å². The molecule has 1 aromatic carbocycles. The van der Waals surface area contributed by atoms with Crippen LogP contribution in [-0.2, 0) is 0 Å². The topological polar surface area (TPSA) is 48.9 Å². The van der Waals surface area contributed by atoms with Gasteiger partial charge in [-0.25, -0.2) is 0 Å². The van der Waals surface area contributed by atoms with Crippen molar-refractivity contribution in [2.75, 3.05) is 50.5 Å². The first-order valence-electron chi connectivity index (χ1n) is 10.2. The van der Waals surface area contributed by atoms with Gasteiger partial charge in [0.25, 0.3) is 0 Å². The predicted octanol–water partition coefficient (Wildman–Crippen LogP) is 3.98. The van der Waals surface area contributed by atoms with Crippen LogP contribution in [0.25, 0.3) is 0 Å². The van der Waals surface area contributed by atoms with Gasteiger partial charge in [0.15, 0.2) is 5.96 Å². The molecular weight excluding hydrogens is 483 g/mol. The summed E-state index contributed by atoms with van der Waals surface area (Å²) in [4.78, 5) is 7.31. The highest BCUT2D eigenvalue weighted by atomic mass is 127. The van der Waals surface area contributed by atoms with Crippen LogP contribution >= 0.6 is 35.7 Å². The lowest BCUT2D eigenvalue weighted by molar-refractivity contribution is 0.414. The minimum Gasteiger partial charge on any atom is -0.495 e. The molecule has 0 spiro atoms. The maximum Gasteiger partial charge on any atom is 0.191 e. The van der Waals surface area contributed by atoms with Gasteiger partial charge in [-0.2, -0.15) is 11.8 Å². The van der Waals surface area contributed by atoms with Gasteiger partial charge < -0.3 is 20.3 Å². The summed E-state index contributed by atoms with van der Waals surface area (Å²) in [6, 6.07) is 8.30. The quantitative estimate of drug-likeness (QED) is 0.325. The number of halogens is 1. The molecule has 7 heteroatoms. The SMILES string of the molecule is CCNC(=NCC1(C)CCCS1)NCC1CCN(c2ccccc2OC)C1.I. The Kier molecular flexibility index (Phi) is 9.53. The summed E-state index contributed by atoms with van der Waals surface area (Å²) in [5.74, 6) is 3.82. The second-order valence-corrected chi connectivity index (χ2v) is 9.43. The van der Waals surface area contributed by atoms with Gasteiger partial charge in [-0.1, -0.05) is 12.1 Å². The fourth-order valence-corrected chi connectivity index (χ4v) is 5.13. The summed E-state index contributed by atoms with van der Waals surface area (Å²) >= 11 is 2.07.